The first kappa shape index (κ1) is 17.6. The van der Waals surface area contributed by atoms with Crippen LogP contribution in [-0.2, 0) is 31.0 Å². The number of hydrogen-bond acceptors (Lipinski definition) is 5. The maximum atomic E-state index is 13.4. The Hall–Kier alpha value is -1.77. The van der Waals surface area contributed by atoms with Gasteiger partial charge in [-0.3, -0.25) is 0 Å². The van der Waals surface area contributed by atoms with E-state index in [1.165, 1.54) is 42.5 Å². The summed E-state index contributed by atoms with van der Waals surface area (Å²) in [7, 11) is -7.68. The van der Waals surface area contributed by atoms with Crippen molar-refractivity contribution in [1.82, 2.24) is 0 Å². The van der Waals surface area contributed by atoms with Gasteiger partial charge in [0.2, 0.25) is 9.84 Å². The van der Waals surface area contributed by atoms with Gasteiger partial charge in [-0.05, 0) is 18.2 Å². The normalized spacial score (nSPS) is 12.3. The summed E-state index contributed by atoms with van der Waals surface area (Å²) in [5.41, 5.74) is 0.221. The fourth-order valence-corrected chi connectivity index (χ4v) is 4.64. The van der Waals surface area contributed by atoms with Crippen molar-refractivity contribution >= 4 is 19.7 Å². The highest BCUT2D eigenvalue weighted by Gasteiger charge is 2.23. The average Bonchev–Trinajstić information content (AvgIpc) is 2.48. The van der Waals surface area contributed by atoms with Crippen LogP contribution in [0.1, 0.15) is 5.56 Å². The highest BCUT2D eigenvalue weighted by Crippen LogP contribution is 2.22. The fraction of sp³-hybridized carbons (Fsp3) is 0.200. The summed E-state index contributed by atoms with van der Waals surface area (Å²) in [5, 5.41) is 0. The van der Waals surface area contributed by atoms with Crippen molar-refractivity contribution < 1.29 is 26.0 Å². The molecule has 0 aliphatic heterocycles. The van der Waals surface area contributed by atoms with Gasteiger partial charge in [0.05, 0.1) is 16.4 Å². The molecule has 0 aliphatic rings. The first-order valence-electron chi connectivity index (χ1n) is 6.55. The van der Waals surface area contributed by atoms with Gasteiger partial charge in [0.1, 0.15) is 5.82 Å². The van der Waals surface area contributed by atoms with Gasteiger partial charge in [-0.2, -0.15) is 0 Å². The molecule has 124 valence electrons. The molecule has 23 heavy (non-hydrogen) atoms. The molecule has 2 aromatic rings. The van der Waals surface area contributed by atoms with E-state index in [1.54, 1.807) is 6.07 Å². The second-order valence-electron chi connectivity index (χ2n) is 4.89. The van der Waals surface area contributed by atoms with Gasteiger partial charge < -0.3 is 4.74 Å². The third kappa shape index (κ3) is 4.37. The zero-order valence-electron chi connectivity index (χ0n) is 12.3. The summed E-state index contributed by atoms with van der Waals surface area (Å²) in [6, 6.07) is 11.1. The van der Waals surface area contributed by atoms with Crippen LogP contribution in [0.25, 0.3) is 0 Å². The molecule has 8 heteroatoms. The zero-order chi connectivity index (χ0) is 17.1. The summed E-state index contributed by atoms with van der Waals surface area (Å²) < 4.78 is 66.5. The monoisotopic (exact) mass is 358 g/mol. The molecule has 0 atom stereocenters. The molecule has 0 fully saturated rings. The maximum absolute atomic E-state index is 13.4. The standard InChI is InChI=1S/C15H15FO5S2/c1-22(17,18)14-8-4-5-9-15(14)23(19,20)11-21-10-12-6-2-3-7-13(12)16/h2-9H,10-11H2,1H3. The first-order chi connectivity index (χ1) is 10.7. The Morgan fingerprint density at radius 2 is 1.48 bits per heavy atom. The molecule has 2 rings (SSSR count). The summed E-state index contributed by atoms with van der Waals surface area (Å²) in [6.07, 6.45) is 0.932. The van der Waals surface area contributed by atoms with Gasteiger partial charge in [0.25, 0.3) is 0 Å². The van der Waals surface area contributed by atoms with E-state index in [4.69, 9.17) is 4.74 Å². The Labute approximate surface area is 134 Å². The minimum absolute atomic E-state index is 0.221. The smallest absolute Gasteiger partial charge is 0.203 e. The molecule has 0 saturated carbocycles. The Morgan fingerprint density at radius 1 is 0.913 bits per heavy atom. The lowest BCUT2D eigenvalue weighted by Crippen LogP contribution is -2.14. The van der Waals surface area contributed by atoms with Crippen LogP contribution < -0.4 is 0 Å². The average molecular weight is 358 g/mol. The Morgan fingerprint density at radius 3 is 2.09 bits per heavy atom. The molecule has 0 bridgehead atoms. The number of benzene rings is 2. The molecule has 0 unspecified atom stereocenters. The van der Waals surface area contributed by atoms with Gasteiger partial charge >= 0.3 is 0 Å². The molecule has 0 aliphatic carbocycles. The van der Waals surface area contributed by atoms with Crippen molar-refractivity contribution in [2.24, 2.45) is 0 Å². The number of rotatable bonds is 6. The first-order valence-corrected chi connectivity index (χ1v) is 10.1. The van der Waals surface area contributed by atoms with Crippen LogP contribution in [0, 0.1) is 5.82 Å². The Bertz CT molecular complexity index is 905. The van der Waals surface area contributed by atoms with Crippen molar-refractivity contribution in [3.05, 3.63) is 59.9 Å². The Kier molecular flexibility index (Phi) is 5.18. The lowest BCUT2D eigenvalue weighted by molar-refractivity contribution is 0.160. The summed E-state index contributed by atoms with van der Waals surface area (Å²) in [4.78, 5) is -0.606. The molecular formula is C15H15FO5S2. The summed E-state index contributed by atoms with van der Waals surface area (Å²) in [5.74, 6) is -1.24. The van der Waals surface area contributed by atoms with Crippen molar-refractivity contribution in [1.29, 1.82) is 0 Å². The predicted octanol–water partition coefficient (Wildman–Crippen LogP) is 2.18. The largest absolute Gasteiger partial charge is 0.360 e. The fourth-order valence-electron chi connectivity index (χ4n) is 1.95. The van der Waals surface area contributed by atoms with Gasteiger partial charge in [0.15, 0.2) is 15.8 Å². The molecule has 0 spiro atoms. The van der Waals surface area contributed by atoms with Crippen molar-refractivity contribution in [3.8, 4) is 0 Å². The SMILES string of the molecule is CS(=O)(=O)c1ccccc1S(=O)(=O)COCc1ccccc1F. The topological polar surface area (TPSA) is 77.5 Å². The second-order valence-corrected chi connectivity index (χ2v) is 8.78. The lowest BCUT2D eigenvalue weighted by atomic mass is 10.2. The molecule has 5 nitrogen and oxygen atoms in total. The van der Waals surface area contributed by atoms with Gasteiger partial charge in [-0.15, -0.1) is 0 Å². The predicted molar refractivity (Wildman–Crippen MR) is 82.8 cm³/mol. The van der Waals surface area contributed by atoms with Crippen LogP contribution in [0.15, 0.2) is 58.3 Å². The molecule has 0 aromatic heterocycles. The number of hydrogen-bond donors (Lipinski definition) is 0. The summed E-state index contributed by atoms with van der Waals surface area (Å²) in [6.45, 7) is -0.229. The van der Waals surface area contributed by atoms with E-state index in [0.717, 1.165) is 6.26 Å². The molecule has 0 N–H and O–H groups in total. The van der Waals surface area contributed by atoms with Crippen LogP contribution >= 0.6 is 0 Å². The van der Waals surface area contributed by atoms with Gasteiger partial charge in [-0.1, -0.05) is 30.3 Å². The third-order valence-electron chi connectivity index (χ3n) is 3.04. The molecular weight excluding hydrogens is 343 g/mol. The van der Waals surface area contributed by atoms with E-state index < -0.39 is 31.4 Å². The van der Waals surface area contributed by atoms with Crippen LogP contribution in [0.3, 0.4) is 0 Å². The quantitative estimate of drug-likeness (QED) is 0.791. The van der Waals surface area contributed by atoms with E-state index in [1.807, 2.05) is 0 Å². The van der Waals surface area contributed by atoms with Crippen LogP contribution in [0.4, 0.5) is 4.39 Å². The van der Waals surface area contributed by atoms with E-state index >= 15 is 0 Å². The molecule has 0 amide bonds. The van der Waals surface area contributed by atoms with Gasteiger partial charge in [-0.25, -0.2) is 21.2 Å². The number of sulfone groups is 2. The van der Waals surface area contributed by atoms with Crippen molar-refractivity contribution in [3.63, 3.8) is 0 Å². The number of halogens is 1. The van der Waals surface area contributed by atoms with Crippen molar-refractivity contribution in [2.45, 2.75) is 16.4 Å². The zero-order valence-corrected chi connectivity index (χ0v) is 13.9. The van der Waals surface area contributed by atoms with Crippen molar-refractivity contribution in [2.75, 3.05) is 12.2 Å². The Balaban J connectivity index is 2.19. The highest BCUT2D eigenvalue weighted by molar-refractivity contribution is 7.94. The molecule has 0 radical (unpaired) electrons. The van der Waals surface area contributed by atoms with E-state index in [0.29, 0.717) is 0 Å². The maximum Gasteiger partial charge on any atom is 0.203 e. The lowest BCUT2D eigenvalue weighted by Gasteiger charge is -2.10. The minimum atomic E-state index is -3.98. The van der Waals surface area contributed by atoms with Crippen LogP contribution in [-0.4, -0.2) is 29.0 Å². The van der Waals surface area contributed by atoms with Gasteiger partial charge in [0, 0.05) is 11.8 Å². The molecule has 2 aromatic carbocycles. The third-order valence-corrected chi connectivity index (χ3v) is 5.82. The van der Waals surface area contributed by atoms with Crippen LogP contribution in [0.5, 0.6) is 0 Å². The highest BCUT2D eigenvalue weighted by atomic mass is 32.2. The number of ether oxygens (including phenoxy) is 1. The van der Waals surface area contributed by atoms with E-state index in [2.05, 4.69) is 0 Å². The molecule has 0 saturated heterocycles. The summed E-state index contributed by atoms with van der Waals surface area (Å²) >= 11 is 0. The van der Waals surface area contributed by atoms with Crippen LogP contribution in [0.2, 0.25) is 0 Å². The second kappa shape index (κ2) is 6.77. The van der Waals surface area contributed by atoms with E-state index in [-0.39, 0.29) is 22.0 Å². The minimum Gasteiger partial charge on any atom is -0.360 e. The molecule has 0 heterocycles. The van der Waals surface area contributed by atoms with E-state index in [9.17, 15) is 21.2 Å².